The van der Waals surface area contributed by atoms with Gasteiger partial charge in [-0.05, 0) is 19.1 Å². The Morgan fingerprint density at radius 2 is 1.94 bits per heavy atom. The molecular weight excluding hydrogens is 255 g/mol. The fraction of sp³-hybridized carbons (Fsp3) is 0.364. The molecule has 0 saturated carbocycles. The van der Waals surface area contributed by atoms with E-state index in [1.807, 2.05) is 0 Å². The number of carbonyl (C=O) groups excluding carboxylic acids is 1. The Hall–Kier alpha value is -1.23. The van der Waals surface area contributed by atoms with Crippen molar-refractivity contribution in [2.24, 2.45) is 0 Å². The second kappa shape index (κ2) is 5.40. The maximum atomic E-state index is 13.3. The van der Waals surface area contributed by atoms with E-state index in [1.165, 1.54) is 11.9 Å². The monoisotopic (exact) mass is 265 g/mol. The summed E-state index contributed by atoms with van der Waals surface area (Å²) >= 11 is 5.55. The van der Waals surface area contributed by atoms with E-state index >= 15 is 0 Å². The van der Waals surface area contributed by atoms with Crippen LogP contribution in [0.2, 0.25) is 0 Å². The van der Waals surface area contributed by atoms with Gasteiger partial charge in [0.15, 0.2) is 17.5 Å². The van der Waals surface area contributed by atoms with Crippen molar-refractivity contribution in [3.8, 4) is 0 Å². The van der Waals surface area contributed by atoms with Crippen LogP contribution in [0.5, 0.6) is 0 Å². The van der Waals surface area contributed by atoms with Crippen molar-refractivity contribution in [1.29, 1.82) is 0 Å². The predicted molar refractivity (Wildman–Crippen MR) is 58.6 cm³/mol. The second-order valence-electron chi connectivity index (χ2n) is 3.64. The van der Waals surface area contributed by atoms with E-state index in [4.69, 9.17) is 11.6 Å². The third-order valence-corrected chi connectivity index (χ3v) is 2.92. The van der Waals surface area contributed by atoms with Crippen molar-refractivity contribution < 1.29 is 18.0 Å². The van der Waals surface area contributed by atoms with Gasteiger partial charge in [0.1, 0.15) is 0 Å². The zero-order valence-electron chi connectivity index (χ0n) is 9.31. The topological polar surface area (TPSA) is 20.3 Å². The average molecular weight is 266 g/mol. The first-order valence-electron chi connectivity index (χ1n) is 4.86. The molecule has 1 aromatic rings. The van der Waals surface area contributed by atoms with Crippen LogP contribution in [0.1, 0.15) is 17.3 Å². The molecular formula is C11H11ClF3NO. The maximum absolute atomic E-state index is 13.3. The molecule has 2 nitrogen and oxygen atoms in total. The first-order chi connectivity index (χ1) is 7.90. The van der Waals surface area contributed by atoms with Crippen LogP contribution in [-0.4, -0.2) is 29.8 Å². The van der Waals surface area contributed by atoms with Crippen molar-refractivity contribution >= 4 is 17.5 Å². The molecule has 94 valence electrons. The Bertz CT molecular complexity index is 439. The molecule has 1 unspecified atom stereocenters. The molecule has 0 fully saturated rings. The van der Waals surface area contributed by atoms with Crippen LogP contribution in [0.25, 0.3) is 0 Å². The Morgan fingerprint density at radius 1 is 1.35 bits per heavy atom. The number of amides is 1. The molecule has 0 N–H and O–H groups in total. The third-order valence-electron chi connectivity index (χ3n) is 2.47. The highest BCUT2D eigenvalue weighted by molar-refractivity contribution is 6.18. The quantitative estimate of drug-likeness (QED) is 0.608. The van der Waals surface area contributed by atoms with E-state index in [0.717, 1.165) is 6.07 Å². The van der Waals surface area contributed by atoms with Gasteiger partial charge >= 0.3 is 0 Å². The van der Waals surface area contributed by atoms with Gasteiger partial charge in [-0.1, -0.05) is 0 Å². The van der Waals surface area contributed by atoms with E-state index in [0.29, 0.717) is 6.07 Å². The van der Waals surface area contributed by atoms with E-state index in [2.05, 4.69) is 0 Å². The SMILES string of the molecule is CC(CCl)N(C)C(=O)c1ccc(F)c(F)c1F. The van der Waals surface area contributed by atoms with Crippen LogP contribution in [0.4, 0.5) is 13.2 Å². The van der Waals surface area contributed by atoms with E-state index in [1.54, 1.807) is 6.92 Å². The van der Waals surface area contributed by atoms with Crippen molar-refractivity contribution in [2.75, 3.05) is 12.9 Å². The molecule has 0 bridgehead atoms. The lowest BCUT2D eigenvalue weighted by atomic mass is 10.1. The lowest BCUT2D eigenvalue weighted by molar-refractivity contribution is 0.0750. The number of halogens is 4. The lowest BCUT2D eigenvalue weighted by Gasteiger charge is -2.23. The van der Waals surface area contributed by atoms with Crippen molar-refractivity contribution in [1.82, 2.24) is 4.90 Å². The second-order valence-corrected chi connectivity index (χ2v) is 3.95. The van der Waals surface area contributed by atoms with Gasteiger partial charge in [-0.3, -0.25) is 4.79 Å². The van der Waals surface area contributed by atoms with Crippen LogP contribution in [0.15, 0.2) is 12.1 Å². The Labute approximate surface area is 102 Å². The minimum Gasteiger partial charge on any atom is -0.338 e. The molecule has 0 aromatic heterocycles. The fourth-order valence-corrected chi connectivity index (χ4v) is 1.39. The normalized spacial score (nSPS) is 12.4. The number of rotatable bonds is 3. The number of hydrogen-bond donors (Lipinski definition) is 0. The summed E-state index contributed by atoms with van der Waals surface area (Å²) in [7, 11) is 1.41. The Balaban J connectivity index is 3.09. The summed E-state index contributed by atoms with van der Waals surface area (Å²) in [5.74, 6) is -5.04. The van der Waals surface area contributed by atoms with Crippen molar-refractivity contribution in [2.45, 2.75) is 13.0 Å². The first-order valence-corrected chi connectivity index (χ1v) is 5.40. The number of nitrogens with zero attached hydrogens (tertiary/aromatic N) is 1. The summed E-state index contributed by atoms with van der Waals surface area (Å²) in [5, 5.41) is 0. The fourth-order valence-electron chi connectivity index (χ4n) is 1.18. The summed E-state index contributed by atoms with van der Waals surface area (Å²) in [5.41, 5.74) is -0.511. The first kappa shape index (κ1) is 13.8. The zero-order chi connectivity index (χ0) is 13.2. The average Bonchev–Trinajstić information content (AvgIpc) is 2.33. The molecule has 0 heterocycles. The van der Waals surface area contributed by atoms with Crippen molar-refractivity contribution in [3.05, 3.63) is 35.1 Å². The molecule has 1 rings (SSSR count). The summed E-state index contributed by atoms with van der Waals surface area (Å²) in [6.07, 6.45) is 0. The molecule has 0 spiro atoms. The molecule has 1 aromatic carbocycles. The smallest absolute Gasteiger partial charge is 0.256 e. The Kier molecular flexibility index (Phi) is 4.40. The van der Waals surface area contributed by atoms with Crippen LogP contribution >= 0.6 is 11.6 Å². The third kappa shape index (κ3) is 2.72. The number of benzene rings is 1. The molecule has 6 heteroatoms. The van der Waals surface area contributed by atoms with Gasteiger partial charge in [-0.2, -0.15) is 0 Å². The number of carbonyl (C=O) groups is 1. The predicted octanol–water partition coefficient (Wildman–Crippen LogP) is 2.80. The molecule has 0 aliphatic heterocycles. The molecule has 17 heavy (non-hydrogen) atoms. The minimum absolute atomic E-state index is 0.160. The maximum Gasteiger partial charge on any atom is 0.256 e. The van der Waals surface area contributed by atoms with Gasteiger partial charge < -0.3 is 4.90 Å². The largest absolute Gasteiger partial charge is 0.338 e. The highest BCUT2D eigenvalue weighted by atomic mass is 35.5. The van der Waals surface area contributed by atoms with Crippen LogP contribution < -0.4 is 0 Å². The van der Waals surface area contributed by atoms with Crippen LogP contribution in [0, 0.1) is 17.5 Å². The highest BCUT2D eigenvalue weighted by Crippen LogP contribution is 2.17. The summed E-state index contributed by atoms with van der Waals surface area (Å²) in [6, 6.07) is 1.29. The van der Waals surface area contributed by atoms with E-state index in [9.17, 15) is 18.0 Å². The molecule has 0 aliphatic rings. The van der Waals surface area contributed by atoms with Gasteiger partial charge in [0.2, 0.25) is 0 Å². The van der Waals surface area contributed by atoms with Crippen LogP contribution in [0.3, 0.4) is 0 Å². The van der Waals surface area contributed by atoms with Gasteiger partial charge in [0.05, 0.1) is 5.56 Å². The lowest BCUT2D eigenvalue weighted by Crippen LogP contribution is -2.36. The minimum atomic E-state index is -1.65. The van der Waals surface area contributed by atoms with Gasteiger partial charge in [0, 0.05) is 19.0 Å². The summed E-state index contributed by atoms with van der Waals surface area (Å²) < 4.78 is 39.0. The van der Waals surface area contributed by atoms with E-state index < -0.39 is 28.9 Å². The molecule has 0 aliphatic carbocycles. The number of hydrogen-bond acceptors (Lipinski definition) is 1. The van der Waals surface area contributed by atoms with Gasteiger partial charge in [-0.15, -0.1) is 11.6 Å². The molecule has 1 amide bonds. The van der Waals surface area contributed by atoms with Crippen LogP contribution in [-0.2, 0) is 0 Å². The molecule has 0 radical (unpaired) electrons. The van der Waals surface area contributed by atoms with Gasteiger partial charge in [-0.25, -0.2) is 13.2 Å². The number of alkyl halides is 1. The standard InChI is InChI=1S/C11H11ClF3NO/c1-6(5-12)16(2)11(17)7-3-4-8(13)10(15)9(7)14/h3-4,6H,5H2,1-2H3. The van der Waals surface area contributed by atoms with Crippen molar-refractivity contribution in [3.63, 3.8) is 0 Å². The molecule has 0 saturated heterocycles. The highest BCUT2D eigenvalue weighted by Gasteiger charge is 2.23. The Morgan fingerprint density at radius 3 is 2.47 bits per heavy atom. The van der Waals surface area contributed by atoms with E-state index in [-0.39, 0.29) is 11.9 Å². The van der Waals surface area contributed by atoms with Gasteiger partial charge in [0.25, 0.3) is 5.91 Å². The summed E-state index contributed by atoms with van der Waals surface area (Å²) in [4.78, 5) is 12.9. The molecule has 1 atom stereocenters. The zero-order valence-corrected chi connectivity index (χ0v) is 10.1. The summed E-state index contributed by atoms with van der Waals surface area (Å²) in [6.45, 7) is 1.66.